The van der Waals surface area contributed by atoms with Crippen molar-refractivity contribution in [1.29, 1.82) is 0 Å². The molecule has 0 spiro atoms. The van der Waals surface area contributed by atoms with Crippen LogP contribution in [0.4, 0.5) is 0 Å². The Morgan fingerprint density at radius 2 is 2.50 bits per heavy atom. The SMILES string of the molecule is CSCCC(N)c1nc(-c2cscn2)no1. The molecular formula is C9H12N4OS2. The Kier molecular flexibility index (Phi) is 3.92. The molecule has 2 aromatic rings. The lowest BCUT2D eigenvalue weighted by Crippen LogP contribution is -2.11. The standard InChI is InChI=1S/C9H12N4OS2/c1-15-3-2-6(10)9-12-8(13-14-9)7-4-16-5-11-7/h4-6H,2-3,10H2,1H3. The van der Waals surface area contributed by atoms with Crippen molar-refractivity contribution in [2.45, 2.75) is 12.5 Å². The van der Waals surface area contributed by atoms with Crippen LogP contribution in [0.3, 0.4) is 0 Å². The van der Waals surface area contributed by atoms with Crippen molar-refractivity contribution in [2.24, 2.45) is 5.73 Å². The first kappa shape index (κ1) is 11.6. The number of thiazole rings is 1. The van der Waals surface area contributed by atoms with Crippen molar-refractivity contribution in [3.63, 3.8) is 0 Å². The maximum Gasteiger partial charge on any atom is 0.243 e. The Bertz CT molecular complexity index is 428. The van der Waals surface area contributed by atoms with E-state index in [1.807, 2.05) is 11.6 Å². The molecule has 16 heavy (non-hydrogen) atoms. The largest absolute Gasteiger partial charge is 0.337 e. The van der Waals surface area contributed by atoms with Crippen LogP contribution in [0.2, 0.25) is 0 Å². The molecule has 5 nitrogen and oxygen atoms in total. The van der Waals surface area contributed by atoms with Crippen LogP contribution in [0.5, 0.6) is 0 Å². The summed E-state index contributed by atoms with van der Waals surface area (Å²) < 4.78 is 5.12. The third-order valence-corrected chi connectivity index (χ3v) is 3.28. The van der Waals surface area contributed by atoms with Crippen molar-refractivity contribution < 1.29 is 4.52 Å². The van der Waals surface area contributed by atoms with Gasteiger partial charge in [-0.05, 0) is 18.4 Å². The van der Waals surface area contributed by atoms with Gasteiger partial charge in [0.25, 0.3) is 0 Å². The molecule has 0 aliphatic carbocycles. The molecule has 86 valence electrons. The molecule has 1 atom stereocenters. The normalized spacial score (nSPS) is 12.9. The molecule has 0 aliphatic rings. The first-order chi connectivity index (χ1) is 7.81. The summed E-state index contributed by atoms with van der Waals surface area (Å²) in [6.45, 7) is 0. The Labute approximate surface area is 101 Å². The van der Waals surface area contributed by atoms with Crippen LogP contribution >= 0.6 is 23.1 Å². The number of rotatable bonds is 5. The van der Waals surface area contributed by atoms with Crippen molar-refractivity contribution in [3.8, 4) is 11.5 Å². The molecule has 0 fully saturated rings. The monoisotopic (exact) mass is 256 g/mol. The van der Waals surface area contributed by atoms with Crippen LogP contribution in [-0.2, 0) is 0 Å². The van der Waals surface area contributed by atoms with E-state index in [1.54, 1.807) is 17.3 Å². The highest BCUT2D eigenvalue weighted by atomic mass is 32.2. The van der Waals surface area contributed by atoms with Gasteiger partial charge in [-0.2, -0.15) is 16.7 Å². The van der Waals surface area contributed by atoms with E-state index in [-0.39, 0.29) is 6.04 Å². The summed E-state index contributed by atoms with van der Waals surface area (Å²) in [6.07, 6.45) is 2.88. The lowest BCUT2D eigenvalue weighted by molar-refractivity contribution is 0.353. The van der Waals surface area contributed by atoms with Gasteiger partial charge in [0.2, 0.25) is 11.7 Å². The van der Waals surface area contributed by atoms with Gasteiger partial charge >= 0.3 is 0 Å². The topological polar surface area (TPSA) is 77.8 Å². The summed E-state index contributed by atoms with van der Waals surface area (Å²) in [5.74, 6) is 1.98. The quantitative estimate of drug-likeness (QED) is 0.881. The van der Waals surface area contributed by atoms with Gasteiger partial charge in [-0.1, -0.05) is 5.16 Å². The summed E-state index contributed by atoms with van der Waals surface area (Å²) in [5, 5.41) is 5.74. The van der Waals surface area contributed by atoms with Crippen LogP contribution < -0.4 is 5.73 Å². The van der Waals surface area contributed by atoms with Gasteiger partial charge in [0, 0.05) is 5.38 Å². The molecule has 0 saturated carbocycles. The molecule has 1 unspecified atom stereocenters. The zero-order valence-electron chi connectivity index (χ0n) is 8.79. The molecule has 2 aromatic heterocycles. The minimum atomic E-state index is -0.188. The summed E-state index contributed by atoms with van der Waals surface area (Å²) in [6, 6.07) is -0.188. The van der Waals surface area contributed by atoms with Gasteiger partial charge in [0.1, 0.15) is 5.69 Å². The van der Waals surface area contributed by atoms with Gasteiger partial charge in [0.15, 0.2) is 0 Å². The minimum Gasteiger partial charge on any atom is -0.337 e. The van der Waals surface area contributed by atoms with E-state index in [1.165, 1.54) is 11.3 Å². The molecule has 0 aromatic carbocycles. The second-order valence-electron chi connectivity index (χ2n) is 3.22. The number of nitrogens with two attached hydrogens (primary N) is 1. The smallest absolute Gasteiger partial charge is 0.243 e. The molecule has 2 heterocycles. The molecule has 0 radical (unpaired) electrons. The highest BCUT2D eigenvalue weighted by molar-refractivity contribution is 7.98. The number of hydrogen-bond acceptors (Lipinski definition) is 7. The Morgan fingerprint density at radius 1 is 1.62 bits per heavy atom. The predicted molar refractivity (Wildman–Crippen MR) is 65.3 cm³/mol. The van der Waals surface area contributed by atoms with Gasteiger partial charge in [-0.25, -0.2) is 4.98 Å². The van der Waals surface area contributed by atoms with Crippen molar-refractivity contribution >= 4 is 23.1 Å². The number of thioether (sulfide) groups is 1. The molecule has 7 heteroatoms. The van der Waals surface area contributed by atoms with Crippen LogP contribution in [0.1, 0.15) is 18.4 Å². The lowest BCUT2D eigenvalue weighted by atomic mass is 10.2. The zero-order valence-corrected chi connectivity index (χ0v) is 10.4. The third kappa shape index (κ3) is 2.60. The number of hydrogen-bond donors (Lipinski definition) is 1. The Morgan fingerprint density at radius 3 is 3.19 bits per heavy atom. The number of nitrogens with zero attached hydrogens (tertiary/aromatic N) is 3. The third-order valence-electron chi connectivity index (χ3n) is 2.05. The van der Waals surface area contributed by atoms with E-state index < -0.39 is 0 Å². The molecular weight excluding hydrogens is 244 g/mol. The van der Waals surface area contributed by atoms with Gasteiger partial charge in [-0.3, -0.25) is 0 Å². The van der Waals surface area contributed by atoms with E-state index in [9.17, 15) is 0 Å². The average molecular weight is 256 g/mol. The summed E-state index contributed by atoms with van der Waals surface area (Å²) >= 11 is 3.25. The maximum atomic E-state index is 5.92. The van der Waals surface area contributed by atoms with Gasteiger partial charge in [0.05, 0.1) is 11.6 Å². The summed E-state index contributed by atoms with van der Waals surface area (Å²) in [5.41, 5.74) is 8.39. The van der Waals surface area contributed by atoms with E-state index in [0.29, 0.717) is 11.7 Å². The molecule has 2 N–H and O–H groups in total. The fraction of sp³-hybridized carbons (Fsp3) is 0.444. The Hall–Kier alpha value is -0.920. The highest BCUT2D eigenvalue weighted by Crippen LogP contribution is 2.19. The number of aromatic nitrogens is 3. The van der Waals surface area contributed by atoms with Crippen LogP contribution in [0.25, 0.3) is 11.5 Å². The lowest BCUT2D eigenvalue weighted by Gasteiger charge is -2.03. The summed E-state index contributed by atoms with van der Waals surface area (Å²) in [4.78, 5) is 8.35. The van der Waals surface area contributed by atoms with Crippen molar-refractivity contribution in [2.75, 3.05) is 12.0 Å². The maximum absolute atomic E-state index is 5.92. The van der Waals surface area contributed by atoms with Crippen LogP contribution in [0, 0.1) is 0 Å². The Balaban J connectivity index is 2.07. The van der Waals surface area contributed by atoms with E-state index in [2.05, 4.69) is 15.1 Å². The van der Waals surface area contributed by atoms with Gasteiger partial charge < -0.3 is 10.3 Å². The van der Waals surface area contributed by atoms with Crippen molar-refractivity contribution in [3.05, 3.63) is 16.8 Å². The predicted octanol–water partition coefficient (Wildman–Crippen LogP) is 1.95. The van der Waals surface area contributed by atoms with E-state index in [4.69, 9.17) is 10.3 Å². The molecule has 0 bridgehead atoms. The second-order valence-corrected chi connectivity index (χ2v) is 4.92. The molecule has 0 aliphatic heterocycles. The molecule has 0 amide bonds. The fourth-order valence-electron chi connectivity index (χ4n) is 1.18. The van der Waals surface area contributed by atoms with Crippen LogP contribution in [-0.4, -0.2) is 27.1 Å². The average Bonchev–Trinajstić information content (AvgIpc) is 2.94. The second kappa shape index (κ2) is 5.42. The minimum absolute atomic E-state index is 0.188. The first-order valence-corrected chi connectivity index (χ1v) is 7.11. The molecule has 2 rings (SSSR count). The van der Waals surface area contributed by atoms with E-state index >= 15 is 0 Å². The van der Waals surface area contributed by atoms with E-state index in [0.717, 1.165) is 17.9 Å². The van der Waals surface area contributed by atoms with Crippen molar-refractivity contribution in [1.82, 2.24) is 15.1 Å². The fourth-order valence-corrected chi connectivity index (χ4v) is 2.20. The zero-order chi connectivity index (χ0) is 11.4. The van der Waals surface area contributed by atoms with Gasteiger partial charge in [-0.15, -0.1) is 11.3 Å². The first-order valence-electron chi connectivity index (χ1n) is 4.78. The summed E-state index contributed by atoms with van der Waals surface area (Å²) in [7, 11) is 0. The highest BCUT2D eigenvalue weighted by Gasteiger charge is 2.15. The van der Waals surface area contributed by atoms with Crippen LogP contribution in [0.15, 0.2) is 15.4 Å². The molecule has 0 saturated heterocycles.